The SMILES string of the molecule is CN1CCc2nn3c(c2C1)C(F)(F)CCC(COCC(F)F)C3. The number of fused-ring (bicyclic) bond motifs is 3. The lowest BCUT2D eigenvalue weighted by Gasteiger charge is -2.24. The van der Waals surface area contributed by atoms with Gasteiger partial charge in [0.05, 0.1) is 12.3 Å². The topological polar surface area (TPSA) is 30.3 Å². The summed E-state index contributed by atoms with van der Waals surface area (Å²) in [4.78, 5) is 2.01. The van der Waals surface area contributed by atoms with E-state index >= 15 is 0 Å². The molecule has 8 heteroatoms. The zero-order valence-corrected chi connectivity index (χ0v) is 13.1. The second-order valence-electron chi connectivity index (χ2n) is 6.48. The van der Waals surface area contributed by atoms with Crippen molar-refractivity contribution in [2.75, 3.05) is 26.8 Å². The van der Waals surface area contributed by atoms with Gasteiger partial charge in [0.15, 0.2) is 0 Å². The molecule has 0 saturated carbocycles. The Kier molecular flexibility index (Phi) is 4.64. The molecular formula is C15H21F4N3O. The smallest absolute Gasteiger partial charge is 0.289 e. The molecule has 23 heavy (non-hydrogen) atoms. The van der Waals surface area contributed by atoms with E-state index in [-0.39, 0.29) is 31.1 Å². The van der Waals surface area contributed by atoms with Crippen LogP contribution < -0.4 is 0 Å². The molecule has 1 aromatic heterocycles. The first-order valence-electron chi connectivity index (χ1n) is 7.88. The van der Waals surface area contributed by atoms with Crippen LogP contribution in [0, 0.1) is 5.92 Å². The minimum absolute atomic E-state index is 0.00964. The van der Waals surface area contributed by atoms with Gasteiger partial charge in [0.25, 0.3) is 12.3 Å². The number of alkyl halides is 4. The normalized spacial score (nSPS) is 24.3. The Morgan fingerprint density at radius 1 is 1.39 bits per heavy atom. The maximum atomic E-state index is 14.6. The van der Waals surface area contributed by atoms with Crippen molar-refractivity contribution in [2.24, 2.45) is 5.92 Å². The van der Waals surface area contributed by atoms with Crippen LogP contribution in [0.5, 0.6) is 0 Å². The van der Waals surface area contributed by atoms with Gasteiger partial charge in [-0.25, -0.2) is 8.78 Å². The van der Waals surface area contributed by atoms with E-state index in [2.05, 4.69) is 5.10 Å². The number of hydrogen-bond acceptors (Lipinski definition) is 3. The molecule has 2 aliphatic rings. The molecule has 0 aromatic carbocycles. The van der Waals surface area contributed by atoms with Gasteiger partial charge in [0.2, 0.25) is 0 Å². The summed E-state index contributed by atoms with van der Waals surface area (Å²) in [6, 6.07) is 0. The maximum absolute atomic E-state index is 14.6. The van der Waals surface area contributed by atoms with E-state index in [1.54, 1.807) is 0 Å². The highest BCUT2D eigenvalue weighted by Crippen LogP contribution is 2.41. The lowest BCUT2D eigenvalue weighted by atomic mass is 9.98. The highest BCUT2D eigenvalue weighted by Gasteiger charge is 2.43. The summed E-state index contributed by atoms with van der Waals surface area (Å²) in [5.74, 6) is -3.16. The molecule has 3 heterocycles. The van der Waals surface area contributed by atoms with Crippen LogP contribution in [0.1, 0.15) is 29.8 Å². The summed E-state index contributed by atoms with van der Waals surface area (Å²) >= 11 is 0. The van der Waals surface area contributed by atoms with E-state index in [9.17, 15) is 17.6 Å². The van der Waals surface area contributed by atoms with Crippen LogP contribution >= 0.6 is 0 Å². The van der Waals surface area contributed by atoms with Gasteiger partial charge in [-0.05, 0) is 13.5 Å². The van der Waals surface area contributed by atoms with Crippen LogP contribution in [-0.4, -0.2) is 47.9 Å². The van der Waals surface area contributed by atoms with Crippen LogP contribution in [0.2, 0.25) is 0 Å². The first-order valence-corrected chi connectivity index (χ1v) is 7.88. The molecule has 130 valence electrons. The van der Waals surface area contributed by atoms with Crippen molar-refractivity contribution in [1.82, 2.24) is 14.7 Å². The van der Waals surface area contributed by atoms with Crippen molar-refractivity contribution < 1.29 is 22.3 Å². The summed E-state index contributed by atoms with van der Waals surface area (Å²) < 4.78 is 59.8. The minimum atomic E-state index is -2.93. The van der Waals surface area contributed by atoms with Gasteiger partial charge >= 0.3 is 0 Å². The Bertz CT molecular complexity index is 561. The molecule has 1 atom stereocenters. The van der Waals surface area contributed by atoms with E-state index in [0.717, 1.165) is 12.2 Å². The van der Waals surface area contributed by atoms with Gasteiger partial charge in [-0.15, -0.1) is 0 Å². The Morgan fingerprint density at radius 2 is 2.17 bits per heavy atom. The van der Waals surface area contributed by atoms with Crippen LogP contribution in [-0.2, 0) is 30.2 Å². The summed E-state index contributed by atoms with van der Waals surface area (Å²) in [7, 11) is 1.91. The second kappa shape index (κ2) is 6.39. The van der Waals surface area contributed by atoms with Crippen molar-refractivity contribution in [2.45, 2.75) is 44.7 Å². The second-order valence-corrected chi connectivity index (χ2v) is 6.48. The molecule has 0 fully saturated rings. The van der Waals surface area contributed by atoms with Gasteiger partial charge < -0.3 is 9.64 Å². The zero-order chi connectivity index (χ0) is 16.6. The standard InChI is InChI=1S/C15H21F4N3O/c1-21-5-3-12-11(7-21)14-15(18,19)4-2-10(6-22(14)20-12)8-23-9-13(16)17/h10,13H,2-9H2,1H3. The third-order valence-corrected chi connectivity index (χ3v) is 4.53. The fourth-order valence-corrected chi connectivity index (χ4v) is 3.40. The Morgan fingerprint density at radius 3 is 2.91 bits per heavy atom. The van der Waals surface area contributed by atoms with Crippen molar-refractivity contribution in [1.29, 1.82) is 0 Å². The summed E-state index contributed by atoms with van der Waals surface area (Å²) in [6.07, 6.45) is -1.93. The lowest BCUT2D eigenvalue weighted by Crippen LogP contribution is -2.28. The average molecular weight is 335 g/mol. The third kappa shape index (κ3) is 3.52. The minimum Gasteiger partial charge on any atom is -0.375 e. The number of halogens is 4. The quantitative estimate of drug-likeness (QED) is 0.793. The molecule has 0 aliphatic carbocycles. The fraction of sp³-hybridized carbons (Fsp3) is 0.800. The van der Waals surface area contributed by atoms with Gasteiger partial charge in [-0.1, -0.05) is 0 Å². The van der Waals surface area contributed by atoms with Gasteiger partial charge in [0, 0.05) is 44.0 Å². The Balaban J connectivity index is 1.81. The van der Waals surface area contributed by atoms with Gasteiger partial charge in [-0.3, -0.25) is 4.68 Å². The largest absolute Gasteiger partial charge is 0.375 e. The van der Waals surface area contributed by atoms with E-state index in [0.29, 0.717) is 25.1 Å². The maximum Gasteiger partial charge on any atom is 0.289 e. The van der Waals surface area contributed by atoms with Crippen molar-refractivity contribution in [3.8, 4) is 0 Å². The highest BCUT2D eigenvalue weighted by molar-refractivity contribution is 5.32. The predicted octanol–water partition coefficient (Wildman–Crippen LogP) is 2.65. The summed E-state index contributed by atoms with van der Waals surface area (Å²) in [5.41, 5.74) is 1.39. The summed E-state index contributed by atoms with van der Waals surface area (Å²) in [6.45, 7) is 0.984. The van der Waals surface area contributed by atoms with Crippen molar-refractivity contribution >= 4 is 0 Å². The third-order valence-electron chi connectivity index (χ3n) is 4.53. The van der Waals surface area contributed by atoms with Gasteiger partial charge in [0.1, 0.15) is 12.3 Å². The lowest BCUT2D eigenvalue weighted by molar-refractivity contribution is -0.0273. The first kappa shape index (κ1) is 16.7. The average Bonchev–Trinajstić information content (AvgIpc) is 2.76. The van der Waals surface area contributed by atoms with Crippen LogP contribution in [0.3, 0.4) is 0 Å². The van der Waals surface area contributed by atoms with E-state index in [4.69, 9.17) is 4.74 Å². The molecular weight excluding hydrogens is 314 g/mol. The van der Waals surface area contributed by atoms with Crippen molar-refractivity contribution in [3.05, 3.63) is 17.0 Å². The van der Waals surface area contributed by atoms with Crippen LogP contribution in [0.15, 0.2) is 0 Å². The molecule has 0 spiro atoms. The number of ether oxygens (including phenoxy) is 1. The van der Waals surface area contributed by atoms with E-state index in [1.807, 2.05) is 11.9 Å². The van der Waals surface area contributed by atoms with Crippen LogP contribution in [0.4, 0.5) is 17.6 Å². The first-order chi connectivity index (χ1) is 10.9. The molecule has 4 nitrogen and oxygen atoms in total. The molecule has 0 N–H and O–H groups in total. The summed E-state index contributed by atoms with van der Waals surface area (Å²) in [5, 5.41) is 4.38. The number of aromatic nitrogens is 2. The van der Waals surface area contributed by atoms with Crippen molar-refractivity contribution in [3.63, 3.8) is 0 Å². The highest BCUT2D eigenvalue weighted by atomic mass is 19.3. The molecule has 3 rings (SSSR count). The molecule has 0 radical (unpaired) electrons. The number of likely N-dealkylation sites (N-methyl/N-ethyl adjacent to an activating group) is 1. The van der Waals surface area contributed by atoms with E-state index < -0.39 is 19.0 Å². The monoisotopic (exact) mass is 335 g/mol. The molecule has 1 unspecified atom stereocenters. The fourth-order valence-electron chi connectivity index (χ4n) is 3.40. The molecule has 0 amide bonds. The number of hydrogen-bond donors (Lipinski definition) is 0. The zero-order valence-electron chi connectivity index (χ0n) is 13.1. The molecule has 0 saturated heterocycles. The predicted molar refractivity (Wildman–Crippen MR) is 75.7 cm³/mol. The molecule has 2 aliphatic heterocycles. The molecule has 1 aromatic rings. The van der Waals surface area contributed by atoms with Gasteiger partial charge in [-0.2, -0.15) is 13.9 Å². The van der Waals surface area contributed by atoms with E-state index in [1.165, 1.54) is 4.68 Å². The Hall–Kier alpha value is -1.15. The van der Waals surface area contributed by atoms with Crippen LogP contribution in [0.25, 0.3) is 0 Å². The number of nitrogens with zero attached hydrogens (tertiary/aromatic N) is 3. The Labute approximate surface area is 132 Å². The molecule has 0 bridgehead atoms. The number of rotatable bonds is 4.